The first-order valence-corrected chi connectivity index (χ1v) is 9.94. The molecule has 1 unspecified atom stereocenters. The van der Waals surface area contributed by atoms with Crippen LogP contribution in [0.3, 0.4) is 0 Å². The second-order valence-corrected chi connectivity index (χ2v) is 7.48. The van der Waals surface area contributed by atoms with Gasteiger partial charge in [0.25, 0.3) is 0 Å². The summed E-state index contributed by atoms with van der Waals surface area (Å²) in [6.45, 7) is 4.66. The van der Waals surface area contributed by atoms with Gasteiger partial charge in [-0.15, -0.1) is 0 Å². The molecule has 1 fully saturated rings. The van der Waals surface area contributed by atoms with Crippen molar-refractivity contribution in [2.24, 2.45) is 7.05 Å². The van der Waals surface area contributed by atoms with Crippen LogP contribution in [0, 0.1) is 5.82 Å². The van der Waals surface area contributed by atoms with Gasteiger partial charge in [-0.3, -0.25) is 14.6 Å². The van der Waals surface area contributed by atoms with E-state index in [9.17, 15) is 9.50 Å². The second-order valence-electron chi connectivity index (χ2n) is 7.48. The van der Waals surface area contributed by atoms with Crippen molar-refractivity contribution in [2.75, 3.05) is 32.7 Å². The Kier molecular flexibility index (Phi) is 5.87. The Morgan fingerprint density at radius 2 is 1.93 bits per heavy atom. The van der Waals surface area contributed by atoms with E-state index < -0.39 is 0 Å². The van der Waals surface area contributed by atoms with E-state index in [0.717, 1.165) is 56.1 Å². The minimum Gasteiger partial charge on any atom is -0.508 e. The van der Waals surface area contributed by atoms with E-state index in [1.165, 1.54) is 12.3 Å². The first-order chi connectivity index (χ1) is 14.1. The zero-order valence-electron chi connectivity index (χ0n) is 16.6. The summed E-state index contributed by atoms with van der Waals surface area (Å²) >= 11 is 0. The summed E-state index contributed by atoms with van der Waals surface area (Å²) in [4.78, 5) is 9.19. The number of benzene rings is 1. The molecule has 6 nitrogen and oxygen atoms in total. The monoisotopic (exact) mass is 395 g/mol. The smallest absolute Gasteiger partial charge is 0.141 e. The molecule has 0 spiro atoms. The molecular weight excluding hydrogens is 369 g/mol. The highest BCUT2D eigenvalue weighted by Gasteiger charge is 2.29. The minimum absolute atomic E-state index is 0.0451. The summed E-state index contributed by atoms with van der Waals surface area (Å²) in [6.07, 6.45) is 3.99. The highest BCUT2D eigenvalue weighted by Crippen LogP contribution is 2.28. The fourth-order valence-corrected chi connectivity index (χ4v) is 3.97. The van der Waals surface area contributed by atoms with E-state index in [1.54, 1.807) is 18.3 Å². The van der Waals surface area contributed by atoms with Gasteiger partial charge < -0.3 is 10.0 Å². The third-order valence-corrected chi connectivity index (χ3v) is 5.57. The van der Waals surface area contributed by atoms with Crippen LogP contribution in [0.2, 0.25) is 0 Å². The van der Waals surface area contributed by atoms with Crippen molar-refractivity contribution >= 4 is 0 Å². The Hall–Kier alpha value is -2.77. The number of aromatic hydroxyl groups is 1. The Morgan fingerprint density at radius 1 is 1.10 bits per heavy atom. The van der Waals surface area contributed by atoms with Crippen LogP contribution >= 0.6 is 0 Å². The molecule has 29 heavy (non-hydrogen) atoms. The van der Waals surface area contributed by atoms with Gasteiger partial charge in [0.15, 0.2) is 0 Å². The van der Waals surface area contributed by atoms with Crippen LogP contribution in [0.4, 0.5) is 4.39 Å². The fourth-order valence-electron chi connectivity index (χ4n) is 3.97. The number of nitrogens with zero attached hydrogens (tertiary/aromatic N) is 5. The molecule has 1 N–H and O–H groups in total. The maximum atomic E-state index is 13.4. The first kappa shape index (κ1) is 19.5. The number of rotatable bonds is 6. The lowest BCUT2D eigenvalue weighted by molar-refractivity contribution is 0.106. The fraction of sp³-hybridized carbons (Fsp3) is 0.364. The molecule has 7 heteroatoms. The Bertz CT molecular complexity index is 934. The molecule has 1 atom stereocenters. The van der Waals surface area contributed by atoms with Gasteiger partial charge in [0.1, 0.15) is 11.6 Å². The molecule has 0 bridgehead atoms. The van der Waals surface area contributed by atoms with Crippen LogP contribution in [0.25, 0.3) is 0 Å². The lowest BCUT2D eigenvalue weighted by atomic mass is 10.1. The number of halogens is 1. The summed E-state index contributed by atoms with van der Waals surface area (Å²) in [5.41, 5.74) is 3.04. The van der Waals surface area contributed by atoms with Crippen molar-refractivity contribution in [2.45, 2.75) is 12.5 Å². The van der Waals surface area contributed by atoms with Crippen LogP contribution in [0.1, 0.15) is 23.0 Å². The molecule has 0 saturated carbocycles. The molecule has 2 aromatic heterocycles. The van der Waals surface area contributed by atoms with E-state index in [1.807, 2.05) is 29.9 Å². The Morgan fingerprint density at radius 3 is 2.59 bits per heavy atom. The lowest BCUT2D eigenvalue weighted by Crippen LogP contribution is -2.48. The summed E-state index contributed by atoms with van der Waals surface area (Å²) < 4.78 is 15.3. The summed E-state index contributed by atoms with van der Waals surface area (Å²) in [6, 6.07) is 12.7. The Labute approximate surface area is 170 Å². The van der Waals surface area contributed by atoms with Gasteiger partial charge in [0.2, 0.25) is 0 Å². The van der Waals surface area contributed by atoms with Gasteiger partial charge in [0, 0.05) is 46.0 Å². The van der Waals surface area contributed by atoms with Crippen molar-refractivity contribution in [3.05, 3.63) is 77.6 Å². The van der Waals surface area contributed by atoms with Crippen molar-refractivity contribution in [3.8, 4) is 5.75 Å². The number of piperazine rings is 1. The quantitative estimate of drug-likeness (QED) is 0.695. The molecule has 1 aliphatic heterocycles. The predicted molar refractivity (Wildman–Crippen MR) is 109 cm³/mol. The maximum absolute atomic E-state index is 13.4. The lowest BCUT2D eigenvalue weighted by Gasteiger charge is -2.39. The van der Waals surface area contributed by atoms with Crippen LogP contribution < -0.4 is 0 Å². The van der Waals surface area contributed by atoms with E-state index >= 15 is 0 Å². The molecule has 3 aromatic rings. The first-order valence-electron chi connectivity index (χ1n) is 9.94. The summed E-state index contributed by atoms with van der Waals surface area (Å²) in [7, 11) is 1.93. The topological polar surface area (TPSA) is 57.4 Å². The maximum Gasteiger partial charge on any atom is 0.141 e. The zero-order valence-corrected chi connectivity index (χ0v) is 16.6. The van der Waals surface area contributed by atoms with Crippen molar-refractivity contribution in [3.63, 3.8) is 0 Å². The summed E-state index contributed by atoms with van der Waals surface area (Å²) in [5, 5.41) is 13.9. The van der Waals surface area contributed by atoms with E-state index in [2.05, 4.69) is 25.9 Å². The number of aromatic nitrogens is 3. The predicted octanol–water partition coefficient (Wildman–Crippen LogP) is 2.61. The molecule has 0 amide bonds. The number of hydrogen-bond donors (Lipinski definition) is 1. The molecule has 1 aliphatic rings. The van der Waals surface area contributed by atoms with Crippen LogP contribution in [0.15, 0.2) is 54.9 Å². The number of phenolic OH excluding ortho intramolecular Hbond substituents is 1. The average molecular weight is 395 g/mol. The van der Waals surface area contributed by atoms with E-state index in [0.29, 0.717) is 5.75 Å². The Balaban J connectivity index is 1.43. The summed E-state index contributed by atoms with van der Waals surface area (Å²) in [5.74, 6) is -0.00703. The molecule has 1 aromatic carbocycles. The van der Waals surface area contributed by atoms with Gasteiger partial charge in [-0.25, -0.2) is 4.39 Å². The van der Waals surface area contributed by atoms with Crippen molar-refractivity contribution < 1.29 is 9.50 Å². The molecule has 1 saturated heterocycles. The van der Waals surface area contributed by atoms with Gasteiger partial charge in [-0.2, -0.15) is 5.10 Å². The molecule has 3 heterocycles. The molecule has 4 rings (SSSR count). The molecule has 0 aliphatic carbocycles. The van der Waals surface area contributed by atoms with Gasteiger partial charge in [-0.1, -0.05) is 12.1 Å². The van der Waals surface area contributed by atoms with Crippen LogP contribution in [0.5, 0.6) is 5.75 Å². The highest BCUT2D eigenvalue weighted by molar-refractivity contribution is 5.27. The average Bonchev–Trinajstić information content (AvgIpc) is 3.15. The zero-order chi connectivity index (χ0) is 20.2. The molecule has 152 valence electrons. The molecular formula is C22H26FN5O. The second kappa shape index (κ2) is 8.71. The number of hydrogen-bond acceptors (Lipinski definition) is 5. The third kappa shape index (κ3) is 4.63. The third-order valence-electron chi connectivity index (χ3n) is 5.57. The standard InChI is InChI=1S/C22H26FN5O/c1-26-21(7-9-25-26)22(20-6-5-18(23)16-24-20)28-13-11-27(12-14-28)10-8-17-3-2-4-19(29)15-17/h2-7,9,15-16,22,29H,8,10-14H2,1H3. The van der Waals surface area contributed by atoms with E-state index in [4.69, 9.17) is 0 Å². The largest absolute Gasteiger partial charge is 0.508 e. The van der Waals surface area contributed by atoms with Gasteiger partial charge in [0.05, 0.1) is 23.6 Å². The van der Waals surface area contributed by atoms with E-state index in [-0.39, 0.29) is 11.9 Å². The van der Waals surface area contributed by atoms with Crippen LogP contribution in [-0.2, 0) is 13.5 Å². The van der Waals surface area contributed by atoms with Crippen molar-refractivity contribution in [1.82, 2.24) is 24.6 Å². The van der Waals surface area contributed by atoms with Crippen LogP contribution in [-0.4, -0.2) is 62.4 Å². The van der Waals surface area contributed by atoms with Gasteiger partial charge >= 0.3 is 0 Å². The SMILES string of the molecule is Cn1nccc1C(c1ccc(F)cn1)N1CCN(CCc2cccc(O)c2)CC1. The highest BCUT2D eigenvalue weighted by atomic mass is 19.1. The van der Waals surface area contributed by atoms with Crippen molar-refractivity contribution in [1.29, 1.82) is 0 Å². The number of aryl methyl sites for hydroxylation is 1. The number of pyridine rings is 1. The minimum atomic E-state index is -0.325. The normalized spacial score (nSPS) is 16.8. The van der Waals surface area contributed by atoms with Gasteiger partial charge in [-0.05, 0) is 42.3 Å². The number of phenols is 1. The molecule has 0 radical (unpaired) electrons.